The zero-order valence-electron chi connectivity index (χ0n) is 12.7. The smallest absolute Gasteiger partial charge is 0.124 e. The molecule has 4 heterocycles. The highest BCUT2D eigenvalue weighted by Crippen LogP contribution is 2.33. The highest BCUT2D eigenvalue weighted by Gasteiger charge is 2.15. The van der Waals surface area contributed by atoms with Crippen molar-refractivity contribution in [3.05, 3.63) is 60.3 Å². The SMILES string of the molecule is CNC1=CCC(c2ccc3cc(-c4cccnc4)sc3n2)C=N1. The molecule has 4 nitrogen and oxygen atoms in total. The molecule has 0 fully saturated rings. The fourth-order valence-corrected chi connectivity index (χ4v) is 3.70. The largest absolute Gasteiger partial charge is 0.373 e. The molecule has 1 atom stereocenters. The Labute approximate surface area is 138 Å². The van der Waals surface area contributed by atoms with Crippen LogP contribution in [0.5, 0.6) is 0 Å². The summed E-state index contributed by atoms with van der Waals surface area (Å²) in [5, 5.41) is 4.24. The van der Waals surface area contributed by atoms with E-state index in [4.69, 9.17) is 4.98 Å². The summed E-state index contributed by atoms with van der Waals surface area (Å²) in [5.74, 6) is 1.18. The summed E-state index contributed by atoms with van der Waals surface area (Å²) in [4.78, 5) is 15.7. The third-order valence-corrected chi connectivity index (χ3v) is 5.04. The normalized spacial score (nSPS) is 17.3. The molecule has 3 aromatic rings. The molecule has 3 aromatic heterocycles. The quantitative estimate of drug-likeness (QED) is 0.794. The van der Waals surface area contributed by atoms with Gasteiger partial charge in [0.15, 0.2) is 0 Å². The van der Waals surface area contributed by atoms with Gasteiger partial charge >= 0.3 is 0 Å². The van der Waals surface area contributed by atoms with Gasteiger partial charge in [-0.05, 0) is 30.7 Å². The van der Waals surface area contributed by atoms with E-state index in [1.165, 1.54) is 10.3 Å². The molecule has 0 spiro atoms. The molecule has 0 radical (unpaired) electrons. The van der Waals surface area contributed by atoms with Crippen LogP contribution in [0, 0.1) is 0 Å². The third-order valence-electron chi connectivity index (χ3n) is 3.95. The molecule has 0 saturated heterocycles. The third kappa shape index (κ3) is 2.75. The number of nitrogens with one attached hydrogen (secondary N) is 1. The Kier molecular flexibility index (Phi) is 3.63. The highest BCUT2D eigenvalue weighted by molar-refractivity contribution is 7.21. The lowest BCUT2D eigenvalue weighted by Crippen LogP contribution is -2.11. The minimum atomic E-state index is 0.250. The van der Waals surface area contributed by atoms with Crippen molar-refractivity contribution < 1.29 is 0 Å². The van der Waals surface area contributed by atoms with Crippen LogP contribution in [-0.4, -0.2) is 23.2 Å². The second kappa shape index (κ2) is 5.93. The summed E-state index contributed by atoms with van der Waals surface area (Å²) in [6.07, 6.45) is 8.71. The molecule has 23 heavy (non-hydrogen) atoms. The lowest BCUT2D eigenvalue weighted by molar-refractivity contribution is 0.827. The van der Waals surface area contributed by atoms with E-state index in [-0.39, 0.29) is 5.92 Å². The first-order valence-electron chi connectivity index (χ1n) is 7.56. The van der Waals surface area contributed by atoms with Gasteiger partial charge in [-0.2, -0.15) is 0 Å². The Balaban J connectivity index is 1.67. The van der Waals surface area contributed by atoms with Crippen LogP contribution in [0.2, 0.25) is 0 Å². The van der Waals surface area contributed by atoms with E-state index in [2.05, 4.69) is 45.6 Å². The number of rotatable bonds is 3. The molecule has 1 aliphatic heterocycles. The molecular formula is C18H16N4S. The van der Waals surface area contributed by atoms with E-state index in [1.54, 1.807) is 17.5 Å². The van der Waals surface area contributed by atoms with Crippen molar-refractivity contribution in [3.63, 3.8) is 0 Å². The maximum atomic E-state index is 4.85. The number of nitrogens with zero attached hydrogens (tertiary/aromatic N) is 3. The first-order chi connectivity index (χ1) is 11.3. The molecule has 114 valence electrons. The molecule has 5 heteroatoms. The van der Waals surface area contributed by atoms with Gasteiger partial charge in [-0.1, -0.05) is 12.1 Å². The van der Waals surface area contributed by atoms with Crippen LogP contribution in [0.4, 0.5) is 0 Å². The summed E-state index contributed by atoms with van der Waals surface area (Å²) >= 11 is 1.71. The molecule has 1 N–H and O–H groups in total. The van der Waals surface area contributed by atoms with Crippen molar-refractivity contribution in [1.29, 1.82) is 0 Å². The van der Waals surface area contributed by atoms with Crippen LogP contribution in [0.1, 0.15) is 18.0 Å². The van der Waals surface area contributed by atoms with Gasteiger partial charge in [0.2, 0.25) is 0 Å². The van der Waals surface area contributed by atoms with Crippen LogP contribution >= 0.6 is 11.3 Å². The van der Waals surface area contributed by atoms with E-state index in [9.17, 15) is 0 Å². The van der Waals surface area contributed by atoms with Gasteiger partial charge < -0.3 is 5.32 Å². The second-order valence-electron chi connectivity index (χ2n) is 5.44. The minimum absolute atomic E-state index is 0.250. The van der Waals surface area contributed by atoms with Crippen LogP contribution in [0.3, 0.4) is 0 Å². The molecule has 1 aliphatic rings. The number of pyridine rings is 2. The maximum absolute atomic E-state index is 4.85. The summed E-state index contributed by atoms with van der Waals surface area (Å²) in [6.45, 7) is 0. The fourth-order valence-electron chi connectivity index (χ4n) is 2.68. The summed E-state index contributed by atoms with van der Waals surface area (Å²) in [7, 11) is 1.89. The number of hydrogen-bond donors (Lipinski definition) is 1. The Morgan fingerprint density at radius 1 is 1.26 bits per heavy atom. The van der Waals surface area contributed by atoms with Crippen molar-refractivity contribution in [2.24, 2.45) is 4.99 Å². The molecule has 0 aromatic carbocycles. The molecule has 0 bridgehead atoms. The number of thiophene rings is 1. The van der Waals surface area contributed by atoms with E-state index in [1.807, 2.05) is 25.5 Å². The van der Waals surface area contributed by atoms with Gasteiger partial charge in [-0.25, -0.2) is 9.98 Å². The van der Waals surface area contributed by atoms with Crippen molar-refractivity contribution in [1.82, 2.24) is 15.3 Å². The van der Waals surface area contributed by atoms with Gasteiger partial charge in [-0.3, -0.25) is 4.98 Å². The van der Waals surface area contributed by atoms with Gasteiger partial charge in [0.25, 0.3) is 0 Å². The first-order valence-corrected chi connectivity index (χ1v) is 8.38. The molecule has 0 saturated carbocycles. The van der Waals surface area contributed by atoms with E-state index < -0.39 is 0 Å². The van der Waals surface area contributed by atoms with Crippen molar-refractivity contribution in [2.45, 2.75) is 12.3 Å². The van der Waals surface area contributed by atoms with Gasteiger partial charge in [0.05, 0.1) is 5.69 Å². The van der Waals surface area contributed by atoms with E-state index in [0.29, 0.717) is 0 Å². The molecule has 1 unspecified atom stereocenters. The zero-order valence-corrected chi connectivity index (χ0v) is 13.5. The summed E-state index contributed by atoms with van der Waals surface area (Å²) < 4.78 is 0. The van der Waals surface area contributed by atoms with Crippen LogP contribution in [-0.2, 0) is 0 Å². The van der Waals surface area contributed by atoms with Crippen molar-refractivity contribution in [2.75, 3.05) is 7.05 Å². The Hall–Kier alpha value is -2.53. The second-order valence-corrected chi connectivity index (χ2v) is 6.47. The number of aromatic nitrogens is 2. The van der Waals surface area contributed by atoms with E-state index >= 15 is 0 Å². The number of hydrogen-bond acceptors (Lipinski definition) is 5. The Morgan fingerprint density at radius 2 is 2.22 bits per heavy atom. The van der Waals surface area contributed by atoms with E-state index in [0.717, 1.165) is 28.3 Å². The fraction of sp³-hybridized carbons (Fsp3) is 0.167. The first kappa shape index (κ1) is 14.1. The van der Waals surface area contributed by atoms with Crippen LogP contribution < -0.4 is 5.32 Å². The topological polar surface area (TPSA) is 50.2 Å². The number of fused-ring (bicyclic) bond motifs is 1. The van der Waals surface area contributed by atoms with Gasteiger partial charge in [-0.15, -0.1) is 11.3 Å². The van der Waals surface area contributed by atoms with Crippen molar-refractivity contribution >= 4 is 27.8 Å². The van der Waals surface area contributed by atoms with Gasteiger partial charge in [0, 0.05) is 47.4 Å². The molecule has 0 amide bonds. The minimum Gasteiger partial charge on any atom is -0.373 e. The van der Waals surface area contributed by atoms with Crippen molar-refractivity contribution in [3.8, 4) is 10.4 Å². The van der Waals surface area contributed by atoms with Gasteiger partial charge in [0.1, 0.15) is 10.7 Å². The molecule has 0 aliphatic carbocycles. The maximum Gasteiger partial charge on any atom is 0.124 e. The lowest BCUT2D eigenvalue weighted by atomic mass is 10.00. The molecule has 4 rings (SSSR count). The van der Waals surface area contributed by atoms with Crippen LogP contribution in [0.15, 0.2) is 59.6 Å². The average molecular weight is 320 g/mol. The number of aliphatic imine (C=N–C) groups is 1. The monoisotopic (exact) mass is 320 g/mol. The lowest BCUT2D eigenvalue weighted by Gasteiger charge is -2.14. The zero-order chi connectivity index (χ0) is 15.6. The Bertz CT molecular complexity index is 896. The summed E-state index contributed by atoms with van der Waals surface area (Å²) in [5.41, 5.74) is 2.21. The molecular weight excluding hydrogens is 304 g/mol. The Morgan fingerprint density at radius 3 is 2.96 bits per heavy atom. The number of allylic oxidation sites excluding steroid dienone is 1. The average Bonchev–Trinajstić information content (AvgIpc) is 3.06. The predicted octanol–water partition coefficient (Wildman–Crippen LogP) is 3.98. The summed E-state index contributed by atoms with van der Waals surface area (Å²) in [6, 6.07) is 10.5. The standard InChI is InChI=1S/C18H16N4S/c1-19-17-7-5-13(11-21-17)15-6-4-12-9-16(23-18(12)22-15)14-3-2-8-20-10-14/h2-4,6-11,13,19H,5H2,1H3. The van der Waals surface area contributed by atoms with Crippen LogP contribution in [0.25, 0.3) is 20.7 Å². The predicted molar refractivity (Wildman–Crippen MR) is 95.8 cm³/mol. The highest BCUT2D eigenvalue weighted by atomic mass is 32.1.